The van der Waals surface area contributed by atoms with E-state index in [9.17, 15) is 9.90 Å². The van der Waals surface area contributed by atoms with Crippen molar-refractivity contribution >= 4 is 16.8 Å². The molecule has 0 fully saturated rings. The molecular weight excluding hydrogens is 290 g/mol. The van der Waals surface area contributed by atoms with Crippen LogP contribution in [0.3, 0.4) is 0 Å². The number of hydrogen-bond donors (Lipinski definition) is 2. The van der Waals surface area contributed by atoms with Crippen LogP contribution < -0.4 is 5.32 Å². The van der Waals surface area contributed by atoms with E-state index in [0.717, 1.165) is 48.2 Å². The largest absolute Gasteiger partial charge is 0.392 e. The SMILES string of the molecule is CCN1CCc2nc3ccccc3c(C(=O)NCC(C)O)c2C1. The van der Waals surface area contributed by atoms with Gasteiger partial charge in [0.15, 0.2) is 0 Å². The highest BCUT2D eigenvalue weighted by Gasteiger charge is 2.25. The standard InChI is InChI=1S/C18H23N3O2/c1-3-21-9-8-16-14(11-21)17(18(23)19-10-12(2)22)13-6-4-5-7-15(13)20-16/h4-7,12,22H,3,8-11H2,1-2H3,(H,19,23). The minimum atomic E-state index is -0.560. The first kappa shape index (κ1) is 15.9. The van der Waals surface area contributed by atoms with Crippen LogP contribution in [0.4, 0.5) is 0 Å². The summed E-state index contributed by atoms with van der Waals surface area (Å²) in [6.45, 7) is 6.74. The summed E-state index contributed by atoms with van der Waals surface area (Å²) in [4.78, 5) is 19.9. The third kappa shape index (κ3) is 3.21. The fraction of sp³-hybridized carbons (Fsp3) is 0.444. The number of hydrogen-bond acceptors (Lipinski definition) is 4. The number of aliphatic hydroxyl groups is 1. The van der Waals surface area contributed by atoms with E-state index >= 15 is 0 Å². The molecule has 3 rings (SSSR count). The number of para-hydroxylation sites is 1. The maximum atomic E-state index is 12.8. The zero-order valence-corrected chi connectivity index (χ0v) is 13.7. The Labute approximate surface area is 136 Å². The Morgan fingerprint density at radius 1 is 1.43 bits per heavy atom. The fourth-order valence-electron chi connectivity index (χ4n) is 3.10. The van der Waals surface area contributed by atoms with E-state index in [1.54, 1.807) is 6.92 Å². The normalized spacial score (nSPS) is 16.1. The lowest BCUT2D eigenvalue weighted by Gasteiger charge is -2.29. The Morgan fingerprint density at radius 3 is 2.96 bits per heavy atom. The Kier molecular flexibility index (Phi) is 4.59. The van der Waals surface area contributed by atoms with Crippen LogP contribution in [0.1, 0.15) is 35.5 Å². The van der Waals surface area contributed by atoms with Gasteiger partial charge >= 0.3 is 0 Å². The van der Waals surface area contributed by atoms with Crippen LogP contribution >= 0.6 is 0 Å². The van der Waals surface area contributed by atoms with Crippen molar-refractivity contribution in [3.05, 3.63) is 41.1 Å². The van der Waals surface area contributed by atoms with Gasteiger partial charge in [-0.3, -0.25) is 14.7 Å². The maximum Gasteiger partial charge on any atom is 0.252 e. The van der Waals surface area contributed by atoms with Crippen molar-refractivity contribution in [2.75, 3.05) is 19.6 Å². The van der Waals surface area contributed by atoms with E-state index in [0.29, 0.717) is 5.56 Å². The van der Waals surface area contributed by atoms with E-state index in [2.05, 4.69) is 17.1 Å². The smallest absolute Gasteiger partial charge is 0.252 e. The van der Waals surface area contributed by atoms with Gasteiger partial charge in [-0.05, 0) is 19.5 Å². The molecule has 0 aliphatic carbocycles. The van der Waals surface area contributed by atoms with Gasteiger partial charge in [0, 0.05) is 42.7 Å². The molecule has 2 aromatic rings. The molecule has 0 saturated heterocycles. The zero-order chi connectivity index (χ0) is 16.4. The van der Waals surface area contributed by atoms with Gasteiger partial charge in [-0.2, -0.15) is 0 Å². The molecule has 23 heavy (non-hydrogen) atoms. The molecule has 122 valence electrons. The second kappa shape index (κ2) is 6.64. The number of likely N-dealkylation sites (N-methyl/N-ethyl adjacent to an activating group) is 1. The van der Waals surface area contributed by atoms with Crippen molar-refractivity contribution in [1.29, 1.82) is 0 Å². The summed E-state index contributed by atoms with van der Waals surface area (Å²) in [7, 11) is 0. The number of amides is 1. The third-order valence-electron chi connectivity index (χ3n) is 4.36. The monoisotopic (exact) mass is 313 g/mol. The third-order valence-corrected chi connectivity index (χ3v) is 4.36. The molecule has 1 unspecified atom stereocenters. The molecular formula is C18H23N3O2. The number of aromatic nitrogens is 1. The molecule has 2 N–H and O–H groups in total. The molecule has 1 aliphatic heterocycles. The first-order valence-corrected chi connectivity index (χ1v) is 8.19. The van der Waals surface area contributed by atoms with Crippen molar-refractivity contribution in [3.63, 3.8) is 0 Å². The quantitative estimate of drug-likeness (QED) is 0.902. The van der Waals surface area contributed by atoms with Crippen LogP contribution in [0.2, 0.25) is 0 Å². The summed E-state index contributed by atoms with van der Waals surface area (Å²) in [5, 5.41) is 13.2. The average molecular weight is 313 g/mol. The van der Waals surface area contributed by atoms with Crippen molar-refractivity contribution in [2.24, 2.45) is 0 Å². The molecule has 2 heterocycles. The number of nitrogens with one attached hydrogen (secondary N) is 1. The molecule has 5 heteroatoms. The predicted molar refractivity (Wildman–Crippen MR) is 90.4 cm³/mol. The highest BCUT2D eigenvalue weighted by molar-refractivity contribution is 6.07. The van der Waals surface area contributed by atoms with Crippen molar-refractivity contribution in [1.82, 2.24) is 15.2 Å². The predicted octanol–water partition coefficient (Wildman–Crippen LogP) is 1.72. The molecule has 1 atom stereocenters. The number of rotatable bonds is 4. The van der Waals surface area contributed by atoms with Crippen molar-refractivity contribution in [3.8, 4) is 0 Å². The van der Waals surface area contributed by atoms with Gasteiger partial charge in [-0.1, -0.05) is 25.1 Å². The van der Waals surface area contributed by atoms with Gasteiger partial charge in [-0.15, -0.1) is 0 Å². The second-order valence-electron chi connectivity index (χ2n) is 6.11. The van der Waals surface area contributed by atoms with Crippen molar-refractivity contribution in [2.45, 2.75) is 32.9 Å². The van der Waals surface area contributed by atoms with Crippen LogP contribution in [0.5, 0.6) is 0 Å². The maximum absolute atomic E-state index is 12.8. The Bertz CT molecular complexity index is 728. The summed E-state index contributed by atoms with van der Waals surface area (Å²) < 4.78 is 0. The molecule has 0 radical (unpaired) electrons. The molecule has 5 nitrogen and oxygen atoms in total. The lowest BCUT2D eigenvalue weighted by atomic mass is 9.95. The van der Waals surface area contributed by atoms with Gasteiger partial charge in [0.2, 0.25) is 0 Å². The number of pyridine rings is 1. The summed E-state index contributed by atoms with van der Waals surface area (Å²) in [5.41, 5.74) is 3.62. The summed E-state index contributed by atoms with van der Waals surface area (Å²) in [5.74, 6) is -0.126. The highest BCUT2D eigenvalue weighted by Crippen LogP contribution is 2.28. The lowest BCUT2D eigenvalue weighted by molar-refractivity contribution is 0.0923. The molecule has 0 saturated carbocycles. The minimum absolute atomic E-state index is 0.126. The first-order chi connectivity index (χ1) is 11.1. The number of nitrogens with zero attached hydrogens (tertiary/aromatic N) is 2. The zero-order valence-electron chi connectivity index (χ0n) is 13.7. The Balaban J connectivity index is 2.10. The highest BCUT2D eigenvalue weighted by atomic mass is 16.3. The topological polar surface area (TPSA) is 65.5 Å². The van der Waals surface area contributed by atoms with E-state index < -0.39 is 6.10 Å². The molecule has 1 aliphatic rings. The number of aliphatic hydroxyl groups excluding tert-OH is 1. The van der Waals surface area contributed by atoms with Crippen LogP contribution in [0, 0.1) is 0 Å². The van der Waals surface area contributed by atoms with Crippen LogP contribution in [-0.4, -0.2) is 46.6 Å². The Morgan fingerprint density at radius 2 is 2.22 bits per heavy atom. The van der Waals surface area contributed by atoms with E-state index in [4.69, 9.17) is 4.98 Å². The number of benzene rings is 1. The first-order valence-electron chi connectivity index (χ1n) is 8.19. The number of carbonyl (C=O) groups excluding carboxylic acids is 1. The fourth-order valence-corrected chi connectivity index (χ4v) is 3.10. The summed E-state index contributed by atoms with van der Waals surface area (Å²) >= 11 is 0. The molecule has 0 spiro atoms. The average Bonchev–Trinajstić information content (AvgIpc) is 2.57. The number of fused-ring (bicyclic) bond motifs is 2. The van der Waals surface area contributed by atoms with Gasteiger partial charge in [0.25, 0.3) is 5.91 Å². The van der Waals surface area contributed by atoms with Crippen LogP contribution in [0.15, 0.2) is 24.3 Å². The van der Waals surface area contributed by atoms with Crippen LogP contribution in [-0.2, 0) is 13.0 Å². The van der Waals surface area contributed by atoms with E-state index in [-0.39, 0.29) is 12.5 Å². The van der Waals surface area contributed by atoms with Gasteiger partial charge in [-0.25, -0.2) is 0 Å². The number of carbonyl (C=O) groups is 1. The van der Waals surface area contributed by atoms with Crippen molar-refractivity contribution < 1.29 is 9.90 Å². The van der Waals surface area contributed by atoms with Gasteiger partial charge in [0.05, 0.1) is 17.2 Å². The summed E-state index contributed by atoms with van der Waals surface area (Å²) in [6, 6.07) is 7.78. The Hall–Kier alpha value is -1.98. The van der Waals surface area contributed by atoms with Crippen LogP contribution in [0.25, 0.3) is 10.9 Å². The second-order valence-corrected chi connectivity index (χ2v) is 6.11. The lowest BCUT2D eigenvalue weighted by Crippen LogP contribution is -2.35. The van der Waals surface area contributed by atoms with Gasteiger partial charge in [0.1, 0.15) is 0 Å². The summed E-state index contributed by atoms with van der Waals surface area (Å²) in [6.07, 6.45) is 0.306. The molecule has 1 aromatic carbocycles. The molecule has 0 bridgehead atoms. The minimum Gasteiger partial charge on any atom is -0.392 e. The van der Waals surface area contributed by atoms with Gasteiger partial charge < -0.3 is 10.4 Å². The van der Waals surface area contributed by atoms with E-state index in [1.165, 1.54) is 0 Å². The molecule has 1 amide bonds. The van der Waals surface area contributed by atoms with E-state index in [1.807, 2.05) is 24.3 Å². The molecule has 1 aromatic heterocycles.